The number of nitrogens with zero attached hydrogens (tertiary/aromatic N) is 2. The lowest BCUT2D eigenvalue weighted by Gasteiger charge is -2.13. The van der Waals surface area contributed by atoms with E-state index in [1.165, 1.54) is 0 Å². The van der Waals surface area contributed by atoms with Crippen LogP contribution >= 0.6 is 0 Å². The van der Waals surface area contributed by atoms with Crippen LogP contribution in [0.5, 0.6) is 0 Å². The summed E-state index contributed by atoms with van der Waals surface area (Å²) in [6.45, 7) is 0.675. The molecule has 16 heavy (non-hydrogen) atoms. The second-order valence-corrected chi connectivity index (χ2v) is 3.76. The maximum absolute atomic E-state index is 6.06. The predicted molar refractivity (Wildman–Crippen MR) is 65.1 cm³/mol. The first-order valence-electron chi connectivity index (χ1n) is 5.29. The standard InChI is InChI=1S/C12H16N4/c1-16-8-7-14-12(16)15-9-11(13)10-5-3-2-4-6-10/h2-8,11H,9,13H2,1H3,(H,14,15). The molecule has 4 heteroatoms. The van der Waals surface area contributed by atoms with Crippen LogP contribution in [0.25, 0.3) is 0 Å². The monoisotopic (exact) mass is 216 g/mol. The molecule has 1 heterocycles. The van der Waals surface area contributed by atoms with E-state index in [0.29, 0.717) is 6.54 Å². The number of nitrogens with one attached hydrogen (secondary N) is 1. The van der Waals surface area contributed by atoms with Crippen molar-refractivity contribution in [3.63, 3.8) is 0 Å². The molecule has 1 aromatic heterocycles. The van der Waals surface area contributed by atoms with Crippen molar-refractivity contribution >= 4 is 5.95 Å². The Hall–Kier alpha value is -1.81. The quantitative estimate of drug-likeness (QED) is 0.815. The summed E-state index contributed by atoms with van der Waals surface area (Å²) in [6.07, 6.45) is 3.66. The molecule has 0 aliphatic rings. The van der Waals surface area contributed by atoms with E-state index >= 15 is 0 Å². The van der Waals surface area contributed by atoms with E-state index in [0.717, 1.165) is 11.5 Å². The molecule has 0 aliphatic carbocycles. The third-order valence-electron chi connectivity index (χ3n) is 2.53. The minimum Gasteiger partial charge on any atom is -0.354 e. The highest BCUT2D eigenvalue weighted by molar-refractivity contribution is 5.27. The number of benzene rings is 1. The molecule has 0 spiro atoms. The maximum atomic E-state index is 6.06. The average Bonchev–Trinajstić information content (AvgIpc) is 2.73. The van der Waals surface area contributed by atoms with Crippen LogP contribution in [0.2, 0.25) is 0 Å². The van der Waals surface area contributed by atoms with Crippen LogP contribution in [0.15, 0.2) is 42.7 Å². The number of aromatic nitrogens is 2. The van der Waals surface area contributed by atoms with Gasteiger partial charge < -0.3 is 15.6 Å². The van der Waals surface area contributed by atoms with Gasteiger partial charge in [-0.3, -0.25) is 0 Å². The van der Waals surface area contributed by atoms with E-state index in [4.69, 9.17) is 5.73 Å². The van der Waals surface area contributed by atoms with Gasteiger partial charge in [0.2, 0.25) is 5.95 Å². The zero-order valence-electron chi connectivity index (χ0n) is 9.30. The van der Waals surface area contributed by atoms with Gasteiger partial charge in [-0.1, -0.05) is 30.3 Å². The van der Waals surface area contributed by atoms with E-state index in [-0.39, 0.29) is 6.04 Å². The second-order valence-electron chi connectivity index (χ2n) is 3.76. The van der Waals surface area contributed by atoms with Gasteiger partial charge in [0.25, 0.3) is 0 Å². The normalized spacial score (nSPS) is 12.4. The molecular weight excluding hydrogens is 200 g/mol. The second kappa shape index (κ2) is 4.81. The van der Waals surface area contributed by atoms with Crippen LogP contribution in [-0.2, 0) is 7.05 Å². The van der Waals surface area contributed by atoms with Crippen molar-refractivity contribution in [1.82, 2.24) is 9.55 Å². The molecule has 1 atom stereocenters. The lowest BCUT2D eigenvalue weighted by Crippen LogP contribution is -2.21. The summed E-state index contributed by atoms with van der Waals surface area (Å²) >= 11 is 0. The highest BCUT2D eigenvalue weighted by atomic mass is 15.2. The minimum absolute atomic E-state index is 0.0158. The van der Waals surface area contributed by atoms with Crippen LogP contribution in [0, 0.1) is 0 Å². The largest absolute Gasteiger partial charge is 0.354 e. The van der Waals surface area contributed by atoms with Gasteiger partial charge in [0.15, 0.2) is 0 Å². The summed E-state index contributed by atoms with van der Waals surface area (Å²) in [5.74, 6) is 0.839. The molecule has 0 bridgehead atoms. The van der Waals surface area contributed by atoms with E-state index in [1.807, 2.05) is 48.1 Å². The Labute approximate surface area is 95.1 Å². The third kappa shape index (κ3) is 2.41. The Bertz CT molecular complexity index is 435. The van der Waals surface area contributed by atoms with Crippen molar-refractivity contribution in [3.8, 4) is 0 Å². The summed E-state index contributed by atoms with van der Waals surface area (Å²) < 4.78 is 1.93. The van der Waals surface area contributed by atoms with E-state index in [9.17, 15) is 0 Å². The van der Waals surface area contributed by atoms with Gasteiger partial charge in [0.1, 0.15) is 0 Å². The smallest absolute Gasteiger partial charge is 0.202 e. The number of hydrogen-bond acceptors (Lipinski definition) is 3. The van der Waals surface area contributed by atoms with Crippen molar-refractivity contribution in [1.29, 1.82) is 0 Å². The fraction of sp³-hybridized carbons (Fsp3) is 0.250. The molecular formula is C12H16N4. The Kier molecular flexibility index (Phi) is 3.22. The Balaban J connectivity index is 1.94. The van der Waals surface area contributed by atoms with Crippen LogP contribution in [0.4, 0.5) is 5.95 Å². The SMILES string of the molecule is Cn1ccnc1NCC(N)c1ccccc1. The number of aryl methyl sites for hydroxylation is 1. The fourth-order valence-electron chi connectivity index (χ4n) is 1.56. The molecule has 0 amide bonds. The average molecular weight is 216 g/mol. The molecule has 1 aromatic carbocycles. The zero-order chi connectivity index (χ0) is 11.4. The summed E-state index contributed by atoms with van der Waals surface area (Å²) in [7, 11) is 1.95. The zero-order valence-corrected chi connectivity index (χ0v) is 9.30. The van der Waals surface area contributed by atoms with Crippen molar-refractivity contribution in [2.75, 3.05) is 11.9 Å². The lowest BCUT2D eigenvalue weighted by atomic mass is 10.1. The molecule has 0 aliphatic heterocycles. The molecule has 0 radical (unpaired) electrons. The molecule has 2 aromatic rings. The summed E-state index contributed by atoms with van der Waals surface area (Å²) in [5.41, 5.74) is 7.19. The first-order chi connectivity index (χ1) is 7.77. The highest BCUT2D eigenvalue weighted by Crippen LogP contribution is 2.10. The van der Waals surface area contributed by atoms with Gasteiger partial charge in [-0.2, -0.15) is 0 Å². The Morgan fingerprint density at radius 3 is 2.75 bits per heavy atom. The van der Waals surface area contributed by atoms with Crippen LogP contribution in [0.3, 0.4) is 0 Å². The Morgan fingerprint density at radius 1 is 1.38 bits per heavy atom. The van der Waals surface area contributed by atoms with Gasteiger partial charge in [0, 0.05) is 32.0 Å². The molecule has 4 nitrogen and oxygen atoms in total. The number of rotatable bonds is 4. The maximum Gasteiger partial charge on any atom is 0.202 e. The van der Waals surface area contributed by atoms with Crippen LogP contribution < -0.4 is 11.1 Å². The van der Waals surface area contributed by atoms with Gasteiger partial charge in [-0.25, -0.2) is 4.98 Å². The highest BCUT2D eigenvalue weighted by Gasteiger charge is 2.06. The topological polar surface area (TPSA) is 55.9 Å². The van der Waals surface area contributed by atoms with Crippen molar-refractivity contribution in [3.05, 3.63) is 48.3 Å². The molecule has 0 fully saturated rings. The molecule has 0 saturated carbocycles. The van der Waals surface area contributed by atoms with Gasteiger partial charge in [-0.15, -0.1) is 0 Å². The van der Waals surface area contributed by atoms with Gasteiger partial charge in [0.05, 0.1) is 0 Å². The van der Waals surface area contributed by atoms with Crippen molar-refractivity contribution in [2.24, 2.45) is 12.8 Å². The third-order valence-corrected chi connectivity index (χ3v) is 2.53. The molecule has 3 N–H and O–H groups in total. The summed E-state index contributed by atoms with van der Waals surface area (Å²) in [6, 6.07) is 10.0. The number of anilines is 1. The first kappa shape index (κ1) is 10.7. The minimum atomic E-state index is -0.0158. The van der Waals surface area contributed by atoms with Crippen molar-refractivity contribution in [2.45, 2.75) is 6.04 Å². The van der Waals surface area contributed by atoms with E-state index in [2.05, 4.69) is 10.3 Å². The molecule has 2 rings (SSSR count). The van der Waals surface area contributed by atoms with E-state index in [1.54, 1.807) is 6.20 Å². The number of hydrogen-bond donors (Lipinski definition) is 2. The van der Waals surface area contributed by atoms with Gasteiger partial charge >= 0.3 is 0 Å². The summed E-state index contributed by atoms with van der Waals surface area (Å²) in [5, 5.41) is 3.22. The van der Waals surface area contributed by atoms with Crippen LogP contribution in [0.1, 0.15) is 11.6 Å². The Morgan fingerprint density at radius 2 is 2.12 bits per heavy atom. The number of imidazole rings is 1. The molecule has 0 saturated heterocycles. The van der Waals surface area contributed by atoms with Crippen LogP contribution in [-0.4, -0.2) is 16.1 Å². The van der Waals surface area contributed by atoms with E-state index < -0.39 is 0 Å². The summed E-state index contributed by atoms with van der Waals surface area (Å²) in [4.78, 5) is 4.18. The lowest BCUT2D eigenvalue weighted by molar-refractivity contribution is 0.751. The predicted octanol–water partition coefficient (Wildman–Crippen LogP) is 1.53. The number of nitrogens with two attached hydrogens (primary N) is 1. The van der Waals surface area contributed by atoms with Crippen molar-refractivity contribution < 1.29 is 0 Å². The molecule has 84 valence electrons. The fourth-order valence-corrected chi connectivity index (χ4v) is 1.56. The van der Waals surface area contributed by atoms with Gasteiger partial charge in [-0.05, 0) is 5.56 Å². The molecule has 1 unspecified atom stereocenters. The first-order valence-corrected chi connectivity index (χ1v) is 5.29.